The van der Waals surface area contributed by atoms with E-state index in [9.17, 15) is 8.42 Å². The normalized spacial score (nSPS) is 23.4. The monoisotopic (exact) mass is 296 g/mol. The van der Waals surface area contributed by atoms with Crippen molar-refractivity contribution in [1.29, 1.82) is 0 Å². The topological polar surface area (TPSA) is 95.4 Å². The van der Waals surface area contributed by atoms with Gasteiger partial charge in [0.1, 0.15) is 0 Å². The van der Waals surface area contributed by atoms with Crippen LogP contribution in [0.25, 0.3) is 10.4 Å². The first-order valence-electron chi connectivity index (χ1n) is 6.16. The van der Waals surface area contributed by atoms with Crippen molar-refractivity contribution in [2.75, 3.05) is 19.3 Å². The molecule has 1 aliphatic rings. The van der Waals surface area contributed by atoms with Crippen LogP contribution in [0.5, 0.6) is 0 Å². The third-order valence-corrected chi connectivity index (χ3v) is 3.66. The molecule has 0 aliphatic carbocycles. The fourth-order valence-corrected chi connectivity index (χ4v) is 2.94. The fraction of sp³-hybridized carbons (Fsp3) is 0.500. The first-order chi connectivity index (χ1) is 9.48. The van der Waals surface area contributed by atoms with Crippen LogP contribution in [-0.2, 0) is 20.8 Å². The van der Waals surface area contributed by atoms with E-state index in [4.69, 9.17) is 9.71 Å². The second-order valence-corrected chi connectivity index (χ2v) is 6.39. The van der Waals surface area contributed by atoms with E-state index in [1.54, 1.807) is 0 Å². The van der Waals surface area contributed by atoms with Crippen LogP contribution < -0.4 is 0 Å². The Hall–Kier alpha value is -1.60. The summed E-state index contributed by atoms with van der Waals surface area (Å²) in [5, 5.41) is 3.63. The highest BCUT2D eigenvalue weighted by molar-refractivity contribution is 7.86. The standard InChI is InChI=1S/C12H16N4O3S/c1-20(17,18)19-12-9-16(8-11(12)14-15-13)7-10-5-3-2-4-6-10/h2-6,11-12H,7-9H2,1H3/t11-,12-/m0/s1. The van der Waals surface area contributed by atoms with Crippen molar-refractivity contribution in [3.05, 3.63) is 46.3 Å². The zero-order chi connectivity index (χ0) is 14.6. The Morgan fingerprint density at radius 1 is 1.40 bits per heavy atom. The number of benzene rings is 1. The van der Waals surface area contributed by atoms with Crippen molar-refractivity contribution in [3.8, 4) is 0 Å². The van der Waals surface area contributed by atoms with Gasteiger partial charge < -0.3 is 0 Å². The lowest BCUT2D eigenvalue weighted by Gasteiger charge is -2.15. The Kier molecular flexibility index (Phi) is 4.61. The first kappa shape index (κ1) is 14.8. The molecule has 1 saturated heterocycles. The van der Waals surface area contributed by atoms with Crippen LogP contribution in [-0.4, -0.2) is 44.8 Å². The summed E-state index contributed by atoms with van der Waals surface area (Å²) >= 11 is 0. The highest BCUT2D eigenvalue weighted by Gasteiger charge is 2.35. The molecule has 20 heavy (non-hydrogen) atoms. The molecule has 1 fully saturated rings. The molecule has 2 atom stereocenters. The second-order valence-electron chi connectivity index (χ2n) is 4.79. The molecule has 0 unspecified atom stereocenters. The second kappa shape index (κ2) is 6.23. The fourth-order valence-electron chi connectivity index (χ4n) is 2.30. The SMILES string of the molecule is CS(=O)(=O)O[C@H]1CN(Cc2ccccc2)C[C@@H]1N=[N+]=[N-]. The minimum absolute atomic E-state index is 0.422. The Balaban J connectivity index is 2.06. The lowest BCUT2D eigenvalue weighted by Crippen LogP contribution is -2.28. The number of nitrogens with zero attached hydrogens (tertiary/aromatic N) is 4. The maximum atomic E-state index is 11.2. The van der Waals surface area contributed by atoms with Gasteiger partial charge in [-0.1, -0.05) is 35.4 Å². The van der Waals surface area contributed by atoms with Crippen molar-refractivity contribution in [2.45, 2.75) is 18.7 Å². The van der Waals surface area contributed by atoms with E-state index in [1.807, 2.05) is 35.2 Å². The van der Waals surface area contributed by atoms with Gasteiger partial charge in [0, 0.05) is 24.5 Å². The maximum Gasteiger partial charge on any atom is 0.264 e. The van der Waals surface area contributed by atoms with E-state index in [0.29, 0.717) is 19.6 Å². The summed E-state index contributed by atoms with van der Waals surface area (Å²) in [7, 11) is -3.57. The van der Waals surface area contributed by atoms with Gasteiger partial charge >= 0.3 is 0 Å². The highest BCUT2D eigenvalue weighted by atomic mass is 32.2. The van der Waals surface area contributed by atoms with Gasteiger partial charge in [0.15, 0.2) is 0 Å². The van der Waals surface area contributed by atoms with E-state index in [2.05, 4.69) is 10.0 Å². The summed E-state index contributed by atoms with van der Waals surface area (Å²) in [6.45, 7) is 1.58. The van der Waals surface area contributed by atoms with Crippen molar-refractivity contribution >= 4 is 10.1 Å². The van der Waals surface area contributed by atoms with Crippen LogP contribution in [0.15, 0.2) is 35.4 Å². The largest absolute Gasteiger partial charge is 0.296 e. The molecule has 0 aromatic heterocycles. The molecule has 2 rings (SSSR count). The summed E-state index contributed by atoms with van der Waals surface area (Å²) in [4.78, 5) is 4.78. The molecule has 0 bridgehead atoms. The molecule has 0 spiro atoms. The van der Waals surface area contributed by atoms with Gasteiger partial charge in [0.05, 0.1) is 18.4 Å². The van der Waals surface area contributed by atoms with Gasteiger partial charge in [-0.25, -0.2) is 0 Å². The highest BCUT2D eigenvalue weighted by Crippen LogP contribution is 2.20. The Bertz CT molecular complexity index is 598. The van der Waals surface area contributed by atoms with E-state index >= 15 is 0 Å². The Morgan fingerprint density at radius 3 is 2.70 bits per heavy atom. The number of hydrogen-bond donors (Lipinski definition) is 0. The van der Waals surface area contributed by atoms with Crippen molar-refractivity contribution in [3.63, 3.8) is 0 Å². The molecule has 0 radical (unpaired) electrons. The van der Waals surface area contributed by atoms with Gasteiger partial charge in [0.25, 0.3) is 10.1 Å². The predicted octanol–water partition coefficient (Wildman–Crippen LogP) is 1.53. The molecule has 1 aliphatic heterocycles. The van der Waals surface area contributed by atoms with E-state index in [1.165, 1.54) is 0 Å². The number of azide groups is 1. The van der Waals surface area contributed by atoms with Crippen LogP contribution in [0.3, 0.4) is 0 Å². The predicted molar refractivity (Wildman–Crippen MR) is 74.4 cm³/mol. The van der Waals surface area contributed by atoms with Gasteiger partial charge in [0.2, 0.25) is 0 Å². The minimum atomic E-state index is -3.57. The Morgan fingerprint density at radius 2 is 2.10 bits per heavy atom. The summed E-state index contributed by atoms with van der Waals surface area (Å²) in [5.41, 5.74) is 9.67. The van der Waals surface area contributed by atoms with Crippen LogP contribution in [0.2, 0.25) is 0 Å². The number of likely N-dealkylation sites (tertiary alicyclic amines) is 1. The molecule has 0 amide bonds. The molecular formula is C12H16N4O3S. The zero-order valence-corrected chi connectivity index (χ0v) is 11.9. The lowest BCUT2D eigenvalue weighted by atomic mass is 10.2. The van der Waals surface area contributed by atoms with Crippen LogP contribution in [0.4, 0.5) is 0 Å². The van der Waals surface area contributed by atoms with Gasteiger partial charge in [-0.05, 0) is 11.1 Å². The molecule has 1 heterocycles. The summed E-state index contributed by atoms with van der Waals surface area (Å²) < 4.78 is 27.5. The van der Waals surface area contributed by atoms with Gasteiger partial charge in [-0.2, -0.15) is 8.42 Å². The number of hydrogen-bond acceptors (Lipinski definition) is 5. The summed E-state index contributed by atoms with van der Waals surface area (Å²) in [6.07, 6.45) is 0.379. The smallest absolute Gasteiger partial charge is 0.264 e. The zero-order valence-electron chi connectivity index (χ0n) is 11.1. The molecule has 0 N–H and O–H groups in total. The van der Waals surface area contributed by atoms with E-state index < -0.39 is 22.3 Å². The van der Waals surface area contributed by atoms with Crippen LogP contribution in [0.1, 0.15) is 5.56 Å². The third kappa shape index (κ3) is 4.21. The van der Waals surface area contributed by atoms with Crippen LogP contribution >= 0.6 is 0 Å². The molecule has 108 valence electrons. The molecule has 7 nitrogen and oxygen atoms in total. The average molecular weight is 296 g/mol. The molecular weight excluding hydrogens is 280 g/mol. The van der Waals surface area contributed by atoms with E-state index in [-0.39, 0.29) is 0 Å². The average Bonchev–Trinajstić information content (AvgIpc) is 2.71. The molecule has 8 heteroatoms. The molecule has 1 aromatic carbocycles. The van der Waals surface area contributed by atoms with Crippen molar-refractivity contribution in [1.82, 2.24) is 4.90 Å². The maximum absolute atomic E-state index is 11.2. The van der Waals surface area contributed by atoms with Crippen molar-refractivity contribution in [2.24, 2.45) is 5.11 Å². The molecule has 1 aromatic rings. The van der Waals surface area contributed by atoms with Crippen molar-refractivity contribution < 1.29 is 12.6 Å². The Labute approximate surface area is 117 Å². The summed E-state index contributed by atoms with van der Waals surface area (Å²) in [5.74, 6) is 0. The quantitative estimate of drug-likeness (QED) is 0.356. The molecule has 0 saturated carbocycles. The third-order valence-electron chi connectivity index (χ3n) is 3.06. The van der Waals surface area contributed by atoms with Crippen LogP contribution in [0, 0.1) is 0 Å². The van der Waals surface area contributed by atoms with E-state index in [0.717, 1.165) is 11.8 Å². The first-order valence-corrected chi connectivity index (χ1v) is 7.98. The lowest BCUT2D eigenvalue weighted by molar-refractivity contribution is 0.197. The summed E-state index contributed by atoms with van der Waals surface area (Å²) in [6, 6.07) is 9.33. The van der Waals surface area contributed by atoms with Gasteiger partial charge in [-0.15, -0.1) is 0 Å². The number of rotatable bonds is 5. The van der Waals surface area contributed by atoms with Gasteiger partial charge in [-0.3, -0.25) is 9.08 Å². The minimum Gasteiger partial charge on any atom is -0.296 e.